The summed E-state index contributed by atoms with van der Waals surface area (Å²) >= 11 is 0. The van der Waals surface area contributed by atoms with Crippen LogP contribution in [0.2, 0.25) is 36.3 Å². The second kappa shape index (κ2) is 50.2. The van der Waals surface area contributed by atoms with Gasteiger partial charge in [0, 0.05) is 35.0 Å². The fourth-order valence-corrected chi connectivity index (χ4v) is 20.8. The molecule has 8 aromatic heterocycles. The van der Waals surface area contributed by atoms with Crippen LogP contribution >= 0.6 is 17.1 Å². The molecule has 54 heteroatoms. The molecule has 804 valence electrons. The number of hydrogen-bond acceptors (Lipinski definition) is 36. The minimum absolute atomic E-state index is 0.0226. The van der Waals surface area contributed by atoms with Gasteiger partial charge in [-0.3, -0.25) is 67.6 Å². The largest absolute Gasteiger partial charge is 0.539 e. The molecule has 148 heavy (non-hydrogen) atoms. The number of aliphatic hydroxyl groups is 1. The smallest absolute Gasteiger partial charge is 0.333 e. The number of amides is 4. The highest BCUT2D eigenvalue weighted by atomic mass is 31.2. The van der Waals surface area contributed by atoms with Gasteiger partial charge in [0.2, 0.25) is 30.3 Å². The summed E-state index contributed by atoms with van der Waals surface area (Å²) in [5.41, 5.74) is 4.30. The van der Waals surface area contributed by atoms with Crippen molar-refractivity contribution >= 4 is 138 Å². The topological polar surface area (TPSA) is 610 Å². The van der Waals surface area contributed by atoms with E-state index in [4.69, 9.17) is 71.7 Å². The van der Waals surface area contributed by atoms with Crippen LogP contribution in [0.5, 0.6) is 0 Å². The number of aromatic amines is 2. The molecule has 0 spiro atoms. The van der Waals surface area contributed by atoms with Crippen LogP contribution in [-0.2, 0) is 69.5 Å². The Hall–Kier alpha value is -11.8. The van der Waals surface area contributed by atoms with E-state index in [1.165, 1.54) is 56.2 Å². The number of nitrogens with one attached hydrogen (secondary N) is 6. The standard InChI is InChI=1S/C42H53FN11O12PSi.C27H35FN7O4P.C21H33N5O8Si.C4H11N/c1-10-24-29(26(43)38(62-24)53-20-47-27-32(45-19-46-33(27)53)49-36(56)23-14-12-11-13-15-23)65-67(60-17-16-44-7)61-18-25-30(66-68(8,9)42(4,5)6)31(64-41(58)59)39(63-25)54-21-48-28-34(54)50-40(52-37(28)57)51-35(55)22(2)3;1-6-20-23(39-40(37-14-10-13-29)35(17(2)3)18(4)5)21(28)27(38-20)34-16-32-22-24(30-15-31-25(22)34)33-26(36)19-11-8-7-9-12-19;1-10(2)16(28)24-19-23-15-12(17(29)25-19)22-9-26(15)18-14(33-20(30)31)13(11(8-27)32-18)34-35(6,7)21(3,4)5;1-4(2,3)5/h11-15,19-22,24-26,29-31,38-39H,10,16-18H2,1-6,8-9H3,(H,58,59)(H,45,46,49,56)(H2,50,51,52,55,57);7-9,11-12,15-18,20-21,23,27H,6,10,14H2,1-5H3,(H,30,31,33,36);9-11,13-14,18,27H,8H2,1-7H3,(H,30,31)(H2,23,24,25,28,29);5H2,1-3H3/p-1/t24-,25-,26?,29+,30+,31?,38-,39-,67?;20-,21?,23+,27-,40?;11-,13+,14?,18-;/m111./s1. The van der Waals surface area contributed by atoms with Crippen molar-refractivity contribution in [1.82, 2.24) is 82.7 Å². The Morgan fingerprint density at radius 3 is 1.30 bits per heavy atom. The van der Waals surface area contributed by atoms with Crippen molar-refractivity contribution in [3.8, 4) is 6.07 Å². The van der Waals surface area contributed by atoms with Crippen LogP contribution in [0.4, 0.5) is 41.9 Å². The van der Waals surface area contributed by atoms with Gasteiger partial charge in [-0.1, -0.05) is 119 Å². The summed E-state index contributed by atoms with van der Waals surface area (Å²) in [5.74, 6) is -2.37. The molecule has 4 fully saturated rings. The zero-order chi connectivity index (χ0) is 109. The van der Waals surface area contributed by atoms with Crippen LogP contribution in [0.15, 0.2) is 108 Å². The van der Waals surface area contributed by atoms with Crippen molar-refractivity contribution in [2.75, 3.05) is 54.2 Å². The maximum Gasteiger partial charge on any atom is 0.333 e. The van der Waals surface area contributed by atoms with Crippen molar-refractivity contribution in [3.63, 3.8) is 0 Å². The summed E-state index contributed by atoms with van der Waals surface area (Å²) < 4.78 is 120. The van der Waals surface area contributed by atoms with E-state index in [0.717, 1.165) is 0 Å². The molecule has 18 atom stereocenters. The molecule has 0 bridgehead atoms. The highest BCUT2D eigenvalue weighted by molar-refractivity contribution is 7.44. The number of nitriles is 1. The normalized spacial score (nSPS) is 22.6. The second-order valence-electron chi connectivity index (χ2n) is 40.5. The number of alkyl halides is 2. The molecule has 48 nitrogen and oxygen atoms in total. The molecule has 4 aliphatic rings. The van der Waals surface area contributed by atoms with E-state index in [-0.39, 0.29) is 130 Å². The summed E-state index contributed by atoms with van der Waals surface area (Å²) in [6.07, 6.45) is -13.9. The van der Waals surface area contributed by atoms with Gasteiger partial charge in [-0.15, -0.1) is 0 Å². The number of ether oxygens (including phenoxy) is 6. The van der Waals surface area contributed by atoms with Gasteiger partial charge in [0.25, 0.3) is 43.8 Å². The van der Waals surface area contributed by atoms with Crippen LogP contribution in [0.25, 0.3) is 49.5 Å². The lowest BCUT2D eigenvalue weighted by molar-refractivity contribution is -0.458. The molecule has 4 aliphatic heterocycles. The number of carbonyl (C=O) groups is 6. The first kappa shape index (κ1) is 117. The Bertz CT molecular complexity index is 6420. The van der Waals surface area contributed by atoms with Crippen molar-refractivity contribution in [2.45, 2.75) is 303 Å². The van der Waals surface area contributed by atoms with Crippen LogP contribution in [0.1, 0.15) is 196 Å². The van der Waals surface area contributed by atoms with Crippen LogP contribution in [0.3, 0.4) is 0 Å². The highest BCUT2D eigenvalue weighted by Gasteiger charge is 2.56. The predicted octanol–water partition coefficient (Wildman–Crippen LogP) is 11.2. The van der Waals surface area contributed by atoms with Gasteiger partial charge in [0.1, 0.15) is 55.9 Å². The molecule has 0 aliphatic carbocycles. The quantitative estimate of drug-likeness (QED) is 0.00589. The van der Waals surface area contributed by atoms with Gasteiger partial charge in [-0.25, -0.2) is 59.9 Å². The third-order valence-corrected chi connectivity index (χ3v) is 36.8. The first-order valence-electron chi connectivity index (χ1n) is 48.1. The minimum Gasteiger partial charge on any atom is -0.539 e. The molecule has 4 saturated heterocycles. The third-order valence-electron chi connectivity index (χ3n) is 24.6. The van der Waals surface area contributed by atoms with Crippen molar-refractivity contribution in [3.05, 3.63) is 142 Å². The molecule has 0 radical (unpaired) electrons. The summed E-state index contributed by atoms with van der Waals surface area (Å²) in [4.78, 5) is 151. The first-order valence-corrected chi connectivity index (χ1v) is 56.2. The molecule has 6 unspecified atom stereocenters. The molecule has 0 saturated carbocycles. The number of nitrogens with zero attached hydrogens (tertiary/aromatic N) is 17. The van der Waals surface area contributed by atoms with E-state index in [9.17, 15) is 53.7 Å². The number of H-pyrrole nitrogens is 2. The molecule has 4 amide bonds. The SMILES string of the molecule is CC(C)(C)[NH3+].CC(C)C(=O)Nc1nc2c(ncn2[C@@H]2O[C@H](CO)[C@H](O[Si](C)(C)C(C)(C)C)C2OC(=O)[O-])c(=O)[nH]1.CC[C@H]1O[C@@H](n2cnc3c(NC(=O)c4ccccc4)ncnc32)C(F)[C@H]1OP(OCCC#N)N(C(C)C)C(C)C.[C-]#[N+]CCOP(OC[C@H]1O[C@@H](n2cnc3c(=O)[nH]c(NC(=O)C(C)C)nc32)C(OC(=O)[O-])[C@H]1O[Si](C)(C)C(C)(C)C)O[C@@H]1C(F)[C@H](n2cnc3c(NC(=O)c4ccccc4)ncnc32)O[C@@H]1CC. The number of carboxylic acid groups (broad SMARTS) is 2. The molecule has 10 aromatic rings. The summed E-state index contributed by atoms with van der Waals surface area (Å²) in [6, 6.07) is 19.5. The molecule has 2 aromatic carbocycles. The highest BCUT2D eigenvalue weighted by Crippen LogP contribution is 2.54. The second-order valence-corrected chi connectivity index (χ2v) is 52.6. The van der Waals surface area contributed by atoms with Gasteiger partial charge in [0.05, 0.1) is 87.6 Å². The van der Waals surface area contributed by atoms with Crippen molar-refractivity contribution in [2.24, 2.45) is 11.8 Å². The number of rotatable bonds is 37. The first-order chi connectivity index (χ1) is 69.7. The lowest BCUT2D eigenvalue weighted by Gasteiger charge is -2.41. The lowest BCUT2D eigenvalue weighted by atomic mass is 10.1. The number of anilines is 4. The average molecular weight is 2140 g/mol. The Balaban J connectivity index is 0.000000221. The van der Waals surface area contributed by atoms with Crippen LogP contribution in [0, 0.1) is 29.7 Å². The number of aromatic nitrogens is 16. The zero-order valence-corrected chi connectivity index (χ0v) is 90.5. The number of carbonyl (C=O) groups excluding carboxylic acids is 6. The minimum atomic E-state index is -2.80. The van der Waals surface area contributed by atoms with Crippen LogP contribution < -0.4 is 48.3 Å². The van der Waals surface area contributed by atoms with Gasteiger partial charge in [-0.05, 0) is 122 Å². The van der Waals surface area contributed by atoms with E-state index in [0.29, 0.717) is 28.7 Å². The Kier molecular flexibility index (Phi) is 39.5. The number of fused-ring (bicyclic) bond motifs is 4. The van der Waals surface area contributed by atoms with E-state index < -0.39 is 191 Å². The van der Waals surface area contributed by atoms with Crippen molar-refractivity contribution < 1.29 is 118 Å². The summed E-state index contributed by atoms with van der Waals surface area (Å²) in [5, 5.41) is 52.7. The Labute approximate surface area is 857 Å². The van der Waals surface area contributed by atoms with E-state index in [1.54, 1.807) is 89.2 Å². The lowest BCUT2D eigenvalue weighted by Crippen LogP contribution is -2.67. The number of quaternary nitrogens is 1. The van der Waals surface area contributed by atoms with Gasteiger partial charge >= 0.3 is 8.60 Å². The van der Waals surface area contributed by atoms with Gasteiger partial charge in [0.15, 0.2) is 110 Å². The number of aliphatic hydroxyl groups excluding tert-OH is 1. The van der Waals surface area contributed by atoms with Crippen molar-refractivity contribution in [1.29, 1.82) is 5.26 Å². The number of benzene rings is 2. The Morgan fingerprint density at radius 2 is 0.932 bits per heavy atom. The molecular weight excluding hydrogens is 2010 g/mol. The maximum atomic E-state index is 16.9. The third kappa shape index (κ3) is 28.5. The number of imidazole rings is 4. The number of halogens is 2. The molecular formula is C94H131F2N24O24P2Si2-. The fourth-order valence-electron chi connectivity index (χ4n) is 15.2. The number of hydrogen-bond donors (Lipinski definition) is 8. The zero-order valence-electron chi connectivity index (χ0n) is 86.7. The maximum absolute atomic E-state index is 16.9. The summed E-state index contributed by atoms with van der Waals surface area (Å²) in [7, 11) is -9.43. The Morgan fingerprint density at radius 1 is 0.547 bits per heavy atom. The van der Waals surface area contributed by atoms with Gasteiger partial charge in [-0.2, -0.15) is 15.2 Å². The van der Waals surface area contributed by atoms with Gasteiger partial charge < -0.3 is 106 Å². The fraction of sp³-hybridized carbons (Fsp3) is 0.574. The summed E-state index contributed by atoms with van der Waals surface area (Å²) in [6.45, 7) is 50.9. The van der Waals surface area contributed by atoms with E-state index in [2.05, 4.69) is 123 Å². The monoisotopic (exact) mass is 2140 g/mol. The molecule has 10 N–H and O–H groups in total. The molecule has 14 rings (SSSR count). The van der Waals surface area contributed by atoms with Crippen LogP contribution in [-0.4, -0.2) is 264 Å². The average Bonchev–Trinajstić information content (AvgIpc) is 1.62. The predicted molar refractivity (Wildman–Crippen MR) is 538 cm³/mol. The van der Waals surface area contributed by atoms with E-state index >= 15 is 8.78 Å². The molecule has 12 heterocycles. The van der Waals surface area contributed by atoms with E-state index in [1.807, 2.05) is 108 Å².